The highest BCUT2D eigenvalue weighted by Crippen LogP contribution is 2.37. The molecule has 3 heteroatoms. The molecule has 0 bridgehead atoms. The maximum atomic E-state index is 11.6. The van der Waals surface area contributed by atoms with Gasteiger partial charge in [-0.25, -0.2) is 0 Å². The Morgan fingerprint density at radius 3 is 1.93 bits per heavy atom. The Kier molecular flexibility index (Phi) is 4.98. The Morgan fingerprint density at radius 1 is 1.33 bits per heavy atom. The van der Waals surface area contributed by atoms with Crippen LogP contribution in [0.4, 0.5) is 0 Å². The predicted molar refractivity (Wildman–Crippen MR) is 59.5 cm³/mol. The predicted octanol–water partition coefficient (Wildman–Crippen LogP) is 2.43. The average Bonchev–Trinajstić information content (AvgIpc) is 2.15. The van der Waals surface area contributed by atoms with Crippen molar-refractivity contribution in [3.8, 4) is 0 Å². The first-order chi connectivity index (χ1) is 6.92. The van der Waals surface area contributed by atoms with Crippen molar-refractivity contribution in [1.82, 2.24) is 0 Å². The molecule has 1 unspecified atom stereocenters. The number of carbonyl (C=O) groups excluding carboxylic acids is 1. The van der Waals surface area contributed by atoms with Crippen LogP contribution in [0.2, 0.25) is 0 Å². The highest BCUT2D eigenvalue weighted by Gasteiger charge is 2.42. The number of carboxylic acid groups (broad SMARTS) is 1. The number of Topliss-reactive ketones (excluding diaryl/α,β-unsaturated/α-hetero) is 1. The Bertz CT molecular complexity index is 269. The van der Waals surface area contributed by atoms with Crippen LogP contribution in [0.1, 0.15) is 26.7 Å². The molecule has 0 aromatic carbocycles. The number of carboxylic acids is 1. The minimum Gasteiger partial charge on any atom is -0.481 e. The normalized spacial score (nSPS) is 12.9. The molecule has 0 spiro atoms. The first-order valence-electron chi connectivity index (χ1n) is 4.88. The molecule has 0 rings (SSSR count). The van der Waals surface area contributed by atoms with E-state index in [1.54, 1.807) is 19.1 Å². The molecule has 0 aliphatic carbocycles. The van der Waals surface area contributed by atoms with Crippen molar-refractivity contribution < 1.29 is 14.7 Å². The van der Waals surface area contributed by atoms with Gasteiger partial charge in [0, 0.05) is 5.41 Å². The molecule has 0 aliphatic heterocycles. The molecule has 1 atom stereocenters. The van der Waals surface area contributed by atoms with E-state index >= 15 is 0 Å². The molecule has 0 fully saturated rings. The van der Waals surface area contributed by atoms with Gasteiger partial charge >= 0.3 is 5.97 Å². The molecule has 15 heavy (non-hydrogen) atoms. The maximum Gasteiger partial charge on any atom is 0.307 e. The van der Waals surface area contributed by atoms with Crippen molar-refractivity contribution in [3.05, 3.63) is 25.3 Å². The van der Waals surface area contributed by atoms with Gasteiger partial charge in [0.15, 0.2) is 0 Å². The molecule has 3 nitrogen and oxygen atoms in total. The van der Waals surface area contributed by atoms with Gasteiger partial charge in [-0.2, -0.15) is 0 Å². The molecular formula is C12H18O3. The molecule has 0 radical (unpaired) electrons. The highest BCUT2D eigenvalue weighted by atomic mass is 16.4. The van der Waals surface area contributed by atoms with E-state index in [-0.39, 0.29) is 5.78 Å². The van der Waals surface area contributed by atoms with Crippen LogP contribution in [-0.4, -0.2) is 16.9 Å². The Labute approximate surface area is 90.5 Å². The van der Waals surface area contributed by atoms with Gasteiger partial charge in [0.1, 0.15) is 5.78 Å². The highest BCUT2D eigenvalue weighted by molar-refractivity contribution is 5.88. The molecule has 84 valence electrons. The molecule has 1 N–H and O–H groups in total. The lowest BCUT2D eigenvalue weighted by Gasteiger charge is -2.32. The summed E-state index contributed by atoms with van der Waals surface area (Å²) in [7, 11) is 0. The molecule has 0 amide bonds. The minimum atomic E-state index is -0.964. The van der Waals surface area contributed by atoms with Crippen LogP contribution < -0.4 is 0 Å². The number of ketones is 1. The Hall–Kier alpha value is -1.38. The van der Waals surface area contributed by atoms with E-state index in [0.29, 0.717) is 12.8 Å². The summed E-state index contributed by atoms with van der Waals surface area (Å²) in [5.74, 6) is -1.82. The minimum absolute atomic E-state index is 0.128. The summed E-state index contributed by atoms with van der Waals surface area (Å²) in [6, 6.07) is 0. The fraction of sp³-hybridized carbons (Fsp3) is 0.500. The van der Waals surface area contributed by atoms with Crippen LogP contribution in [0.3, 0.4) is 0 Å². The first-order valence-corrected chi connectivity index (χ1v) is 4.88. The number of rotatable bonds is 7. The van der Waals surface area contributed by atoms with Gasteiger partial charge in [-0.05, 0) is 19.8 Å². The zero-order valence-electron chi connectivity index (χ0n) is 9.32. The quantitative estimate of drug-likeness (QED) is 0.656. The SMILES string of the molecule is C=CCC(CC=C)(C(C)=O)C(C)C(=O)O. The van der Waals surface area contributed by atoms with Crippen molar-refractivity contribution >= 4 is 11.8 Å². The lowest BCUT2D eigenvalue weighted by atomic mass is 9.68. The third-order valence-corrected chi connectivity index (χ3v) is 2.92. The first kappa shape index (κ1) is 13.6. The van der Waals surface area contributed by atoms with Crippen LogP contribution >= 0.6 is 0 Å². The summed E-state index contributed by atoms with van der Waals surface area (Å²) >= 11 is 0. The van der Waals surface area contributed by atoms with Crippen LogP contribution in [0.5, 0.6) is 0 Å². The van der Waals surface area contributed by atoms with Crippen molar-refractivity contribution in [3.63, 3.8) is 0 Å². The molecule has 0 heterocycles. The van der Waals surface area contributed by atoms with Gasteiger partial charge in [0.05, 0.1) is 5.92 Å². The van der Waals surface area contributed by atoms with Crippen LogP contribution in [0.25, 0.3) is 0 Å². The van der Waals surface area contributed by atoms with Crippen molar-refractivity contribution in [1.29, 1.82) is 0 Å². The van der Waals surface area contributed by atoms with Crippen LogP contribution in [-0.2, 0) is 9.59 Å². The van der Waals surface area contributed by atoms with Gasteiger partial charge in [0.25, 0.3) is 0 Å². The van der Waals surface area contributed by atoms with Gasteiger partial charge in [-0.1, -0.05) is 19.1 Å². The summed E-state index contributed by atoms with van der Waals surface area (Å²) in [5.41, 5.74) is -0.894. The van der Waals surface area contributed by atoms with Gasteiger partial charge in [-0.3, -0.25) is 9.59 Å². The molecule has 0 aromatic heterocycles. The van der Waals surface area contributed by atoms with Crippen LogP contribution in [0.15, 0.2) is 25.3 Å². The fourth-order valence-electron chi connectivity index (χ4n) is 1.78. The third kappa shape index (κ3) is 2.78. The van der Waals surface area contributed by atoms with E-state index in [9.17, 15) is 9.59 Å². The van der Waals surface area contributed by atoms with E-state index in [2.05, 4.69) is 13.2 Å². The molecule has 0 saturated carbocycles. The second kappa shape index (κ2) is 5.49. The molecule has 0 saturated heterocycles. The topological polar surface area (TPSA) is 54.4 Å². The molecule has 0 aromatic rings. The van der Waals surface area contributed by atoms with Gasteiger partial charge in [0.2, 0.25) is 0 Å². The lowest BCUT2D eigenvalue weighted by molar-refractivity contribution is -0.150. The van der Waals surface area contributed by atoms with Gasteiger partial charge in [-0.15, -0.1) is 13.2 Å². The van der Waals surface area contributed by atoms with Crippen molar-refractivity contribution in [2.24, 2.45) is 11.3 Å². The summed E-state index contributed by atoms with van der Waals surface area (Å²) in [6.07, 6.45) is 3.90. The zero-order chi connectivity index (χ0) is 12.1. The lowest BCUT2D eigenvalue weighted by Crippen LogP contribution is -2.39. The van der Waals surface area contributed by atoms with E-state index < -0.39 is 17.3 Å². The third-order valence-electron chi connectivity index (χ3n) is 2.92. The van der Waals surface area contributed by atoms with Crippen molar-refractivity contribution in [2.75, 3.05) is 0 Å². The largest absolute Gasteiger partial charge is 0.481 e. The van der Waals surface area contributed by atoms with Gasteiger partial charge < -0.3 is 5.11 Å². The summed E-state index contributed by atoms with van der Waals surface area (Å²) in [5, 5.41) is 9.00. The fourth-order valence-corrected chi connectivity index (χ4v) is 1.78. The van der Waals surface area contributed by atoms with E-state index in [4.69, 9.17) is 5.11 Å². The van der Waals surface area contributed by atoms with E-state index in [1.807, 2.05) is 0 Å². The van der Waals surface area contributed by atoms with E-state index in [0.717, 1.165) is 0 Å². The second-order valence-corrected chi connectivity index (χ2v) is 3.76. The molecular weight excluding hydrogens is 192 g/mol. The average molecular weight is 210 g/mol. The summed E-state index contributed by atoms with van der Waals surface area (Å²) in [6.45, 7) is 10.1. The molecule has 0 aliphatic rings. The van der Waals surface area contributed by atoms with E-state index in [1.165, 1.54) is 6.92 Å². The van der Waals surface area contributed by atoms with Crippen molar-refractivity contribution in [2.45, 2.75) is 26.7 Å². The maximum absolute atomic E-state index is 11.6. The monoisotopic (exact) mass is 210 g/mol. The number of aliphatic carboxylic acids is 1. The second-order valence-electron chi connectivity index (χ2n) is 3.76. The Morgan fingerprint density at radius 2 is 1.73 bits per heavy atom. The Balaban J connectivity index is 5.27. The number of hydrogen-bond acceptors (Lipinski definition) is 2. The smallest absolute Gasteiger partial charge is 0.307 e. The summed E-state index contributed by atoms with van der Waals surface area (Å²) < 4.78 is 0. The summed E-state index contributed by atoms with van der Waals surface area (Å²) in [4.78, 5) is 22.6. The number of allylic oxidation sites excluding steroid dienone is 2. The number of carbonyl (C=O) groups is 2. The number of hydrogen-bond donors (Lipinski definition) is 1. The standard InChI is InChI=1S/C12H18O3/c1-5-7-12(8-6-2,10(4)13)9(3)11(14)15/h5-6,9H,1-2,7-8H2,3-4H3,(H,14,15). The zero-order valence-corrected chi connectivity index (χ0v) is 9.32. The van der Waals surface area contributed by atoms with Crippen LogP contribution in [0, 0.1) is 11.3 Å².